The molecule has 17 heavy (non-hydrogen) atoms. The van der Waals surface area contributed by atoms with Gasteiger partial charge in [0.05, 0.1) is 11.8 Å². The van der Waals surface area contributed by atoms with Crippen LogP contribution >= 0.6 is 0 Å². The van der Waals surface area contributed by atoms with Gasteiger partial charge >= 0.3 is 0 Å². The first-order valence-electron chi connectivity index (χ1n) is 5.18. The summed E-state index contributed by atoms with van der Waals surface area (Å²) in [5.74, 6) is -1.26. The zero-order chi connectivity index (χ0) is 12.6. The summed E-state index contributed by atoms with van der Waals surface area (Å²) >= 11 is 0. The maximum absolute atomic E-state index is 13.4. The van der Waals surface area contributed by atoms with E-state index in [9.17, 15) is 17.6 Å². The molecule has 1 aromatic carbocycles. The van der Waals surface area contributed by atoms with Gasteiger partial charge in [0.2, 0.25) is 10.0 Å². The highest BCUT2D eigenvalue weighted by Gasteiger charge is 2.25. The fraction of sp³-hybridized carbons (Fsp3) is 0.364. The van der Waals surface area contributed by atoms with Crippen LogP contribution in [0.3, 0.4) is 0 Å². The van der Waals surface area contributed by atoms with E-state index in [0.29, 0.717) is 5.92 Å². The predicted octanol–water partition coefficient (Wildman–Crippen LogP) is 1.39. The Bertz CT molecular complexity index is 564. The summed E-state index contributed by atoms with van der Waals surface area (Å²) in [6.07, 6.45) is 2.91. The zero-order valence-corrected chi connectivity index (χ0v) is 10.1. The van der Waals surface area contributed by atoms with Crippen LogP contribution in [0.25, 0.3) is 0 Å². The van der Waals surface area contributed by atoms with Crippen molar-refractivity contribution in [1.82, 2.24) is 4.72 Å². The quantitative estimate of drug-likeness (QED) is 0.890. The lowest BCUT2D eigenvalue weighted by Gasteiger charge is -2.06. The highest BCUT2D eigenvalue weighted by Crippen LogP contribution is 2.40. The van der Waals surface area contributed by atoms with E-state index in [1.807, 2.05) is 0 Å². The Balaban J connectivity index is 2.30. The highest BCUT2D eigenvalue weighted by molar-refractivity contribution is 7.89. The number of sulfonamides is 1. The molecule has 92 valence electrons. The van der Waals surface area contributed by atoms with Crippen molar-refractivity contribution in [3.8, 4) is 0 Å². The number of hydrogen-bond acceptors (Lipinski definition) is 3. The molecule has 0 radical (unpaired) electrons. The van der Waals surface area contributed by atoms with Gasteiger partial charge in [-0.15, -0.1) is 0 Å². The molecule has 1 aliphatic rings. The molecule has 0 bridgehead atoms. The van der Waals surface area contributed by atoms with Crippen LogP contribution in [0, 0.1) is 5.82 Å². The number of rotatable bonds is 3. The van der Waals surface area contributed by atoms with Gasteiger partial charge in [0, 0.05) is 0 Å². The van der Waals surface area contributed by atoms with E-state index < -0.39 is 21.7 Å². The molecule has 0 spiro atoms. The second kappa shape index (κ2) is 4.10. The van der Waals surface area contributed by atoms with Crippen molar-refractivity contribution in [3.63, 3.8) is 0 Å². The van der Waals surface area contributed by atoms with Crippen molar-refractivity contribution in [2.45, 2.75) is 18.8 Å². The summed E-state index contributed by atoms with van der Waals surface area (Å²) in [6, 6.07) is 4.25. The molecule has 1 N–H and O–H groups in total. The van der Waals surface area contributed by atoms with Crippen LogP contribution in [0.4, 0.5) is 4.39 Å². The van der Waals surface area contributed by atoms with Gasteiger partial charge in [0.1, 0.15) is 5.82 Å². The summed E-state index contributed by atoms with van der Waals surface area (Å²) in [7, 11) is -3.67. The summed E-state index contributed by atoms with van der Waals surface area (Å²) in [5.41, 5.74) is 0.657. The standard InChI is InChI=1S/C11H12FNO3S/c1-17(15,16)13-11(14)9-6-8(7-2-3-7)4-5-10(9)12/h4-7H,2-3H2,1H3,(H,13,14). The average molecular weight is 257 g/mol. The van der Waals surface area contributed by atoms with Crippen LogP contribution < -0.4 is 4.72 Å². The Labute approximate surface area is 98.9 Å². The lowest BCUT2D eigenvalue weighted by molar-refractivity contribution is 0.0977. The van der Waals surface area contributed by atoms with Crippen LogP contribution in [-0.2, 0) is 10.0 Å². The number of carbonyl (C=O) groups is 1. The third-order valence-corrected chi connectivity index (χ3v) is 3.12. The number of nitrogens with one attached hydrogen (secondary N) is 1. The van der Waals surface area contributed by atoms with Gasteiger partial charge in [0.15, 0.2) is 0 Å². The molecule has 1 amide bonds. The van der Waals surface area contributed by atoms with E-state index >= 15 is 0 Å². The number of benzene rings is 1. The van der Waals surface area contributed by atoms with Gasteiger partial charge in [-0.1, -0.05) is 6.07 Å². The first-order chi connectivity index (χ1) is 7.87. The minimum absolute atomic E-state index is 0.222. The minimum atomic E-state index is -3.67. The monoisotopic (exact) mass is 257 g/mol. The number of carbonyl (C=O) groups excluding carboxylic acids is 1. The maximum Gasteiger partial charge on any atom is 0.267 e. The van der Waals surface area contributed by atoms with Crippen molar-refractivity contribution in [1.29, 1.82) is 0 Å². The van der Waals surface area contributed by atoms with Crippen LogP contribution in [0.15, 0.2) is 18.2 Å². The average Bonchev–Trinajstić information content (AvgIpc) is 2.99. The molecule has 1 aromatic rings. The number of hydrogen-bond donors (Lipinski definition) is 1. The third-order valence-electron chi connectivity index (χ3n) is 2.56. The van der Waals surface area contributed by atoms with Gasteiger partial charge in [-0.2, -0.15) is 0 Å². The topological polar surface area (TPSA) is 63.2 Å². The van der Waals surface area contributed by atoms with E-state index in [4.69, 9.17) is 0 Å². The van der Waals surface area contributed by atoms with Crippen LogP contribution in [0.1, 0.15) is 34.7 Å². The Morgan fingerprint density at radius 2 is 2.06 bits per heavy atom. The SMILES string of the molecule is CS(=O)(=O)NC(=O)c1cc(C2CC2)ccc1F. The zero-order valence-electron chi connectivity index (χ0n) is 9.23. The molecular formula is C11H12FNO3S. The van der Waals surface area contributed by atoms with Crippen LogP contribution in [0.2, 0.25) is 0 Å². The van der Waals surface area contributed by atoms with E-state index in [2.05, 4.69) is 0 Å². The van der Waals surface area contributed by atoms with E-state index in [0.717, 1.165) is 24.7 Å². The van der Waals surface area contributed by atoms with Crippen LogP contribution in [0.5, 0.6) is 0 Å². The molecule has 0 saturated heterocycles. The molecule has 1 saturated carbocycles. The Kier molecular flexibility index (Phi) is 2.91. The molecule has 0 atom stereocenters. The predicted molar refractivity (Wildman–Crippen MR) is 60.7 cm³/mol. The smallest absolute Gasteiger partial charge is 0.267 e. The summed E-state index contributed by atoms with van der Waals surface area (Å²) in [5, 5.41) is 0. The molecule has 0 aliphatic heterocycles. The fourth-order valence-electron chi connectivity index (χ4n) is 1.61. The van der Waals surface area contributed by atoms with Crippen LogP contribution in [-0.4, -0.2) is 20.6 Å². The van der Waals surface area contributed by atoms with Gasteiger partial charge < -0.3 is 0 Å². The fourth-order valence-corrected chi connectivity index (χ4v) is 2.06. The summed E-state index contributed by atoms with van der Waals surface area (Å²) < 4.78 is 37.0. The Morgan fingerprint density at radius 1 is 1.41 bits per heavy atom. The van der Waals surface area contributed by atoms with Crippen molar-refractivity contribution in [2.75, 3.05) is 6.26 Å². The Morgan fingerprint density at radius 3 is 2.59 bits per heavy atom. The molecule has 4 nitrogen and oxygen atoms in total. The molecular weight excluding hydrogens is 245 g/mol. The van der Waals surface area contributed by atoms with Gasteiger partial charge in [0.25, 0.3) is 5.91 Å². The van der Waals surface area contributed by atoms with E-state index in [-0.39, 0.29) is 5.56 Å². The van der Waals surface area contributed by atoms with E-state index in [1.54, 1.807) is 10.8 Å². The second-order valence-electron chi connectivity index (χ2n) is 4.22. The summed E-state index contributed by atoms with van der Waals surface area (Å²) in [4.78, 5) is 11.5. The van der Waals surface area contributed by atoms with Gasteiger partial charge in [-0.05, 0) is 36.5 Å². The first kappa shape index (κ1) is 12.0. The highest BCUT2D eigenvalue weighted by atomic mass is 32.2. The lowest BCUT2D eigenvalue weighted by Crippen LogP contribution is -2.30. The number of halogens is 1. The maximum atomic E-state index is 13.4. The third kappa shape index (κ3) is 3.03. The van der Waals surface area contributed by atoms with E-state index in [1.165, 1.54) is 12.1 Å². The molecule has 1 aliphatic carbocycles. The van der Waals surface area contributed by atoms with Gasteiger partial charge in [-0.3, -0.25) is 4.79 Å². The van der Waals surface area contributed by atoms with Crippen molar-refractivity contribution < 1.29 is 17.6 Å². The van der Waals surface area contributed by atoms with Crippen molar-refractivity contribution >= 4 is 15.9 Å². The Hall–Kier alpha value is -1.43. The molecule has 6 heteroatoms. The summed E-state index contributed by atoms with van der Waals surface area (Å²) in [6.45, 7) is 0. The van der Waals surface area contributed by atoms with Gasteiger partial charge in [-0.25, -0.2) is 17.5 Å². The molecule has 0 heterocycles. The number of amides is 1. The molecule has 1 fully saturated rings. The van der Waals surface area contributed by atoms with Crippen molar-refractivity contribution in [3.05, 3.63) is 35.1 Å². The normalized spacial score (nSPS) is 15.6. The second-order valence-corrected chi connectivity index (χ2v) is 5.97. The first-order valence-corrected chi connectivity index (χ1v) is 7.07. The minimum Gasteiger partial charge on any atom is -0.268 e. The lowest BCUT2D eigenvalue weighted by atomic mass is 10.1. The molecule has 2 rings (SSSR count). The molecule has 0 unspecified atom stereocenters. The van der Waals surface area contributed by atoms with Crippen molar-refractivity contribution in [2.24, 2.45) is 0 Å². The molecule has 0 aromatic heterocycles. The largest absolute Gasteiger partial charge is 0.268 e.